The van der Waals surface area contributed by atoms with Crippen molar-refractivity contribution >= 4 is 39.6 Å². The lowest BCUT2D eigenvalue weighted by atomic mass is 9.99. The molecule has 1 aliphatic heterocycles. The third-order valence-corrected chi connectivity index (χ3v) is 7.50. The van der Waals surface area contributed by atoms with Crippen molar-refractivity contribution in [3.05, 3.63) is 83.4 Å². The first-order chi connectivity index (χ1) is 18.9. The van der Waals surface area contributed by atoms with Crippen LogP contribution in [-0.4, -0.2) is 34.7 Å². The van der Waals surface area contributed by atoms with Crippen LogP contribution in [0.25, 0.3) is 16.5 Å². The van der Waals surface area contributed by atoms with Gasteiger partial charge in [0.2, 0.25) is 5.91 Å². The van der Waals surface area contributed by atoms with E-state index in [0.717, 1.165) is 53.7 Å². The van der Waals surface area contributed by atoms with Gasteiger partial charge in [-0.25, -0.2) is 4.98 Å². The van der Waals surface area contributed by atoms with Crippen LogP contribution in [0.3, 0.4) is 0 Å². The van der Waals surface area contributed by atoms with Gasteiger partial charge in [-0.3, -0.25) is 10.2 Å². The van der Waals surface area contributed by atoms with Gasteiger partial charge in [0.1, 0.15) is 5.82 Å². The van der Waals surface area contributed by atoms with Gasteiger partial charge in [0, 0.05) is 59.1 Å². The van der Waals surface area contributed by atoms with Gasteiger partial charge in [0.15, 0.2) is 0 Å². The van der Waals surface area contributed by atoms with Crippen LogP contribution < -0.4 is 16.0 Å². The fraction of sp³-hybridized carbons (Fsp3) is 0.344. The molecule has 0 saturated carbocycles. The Labute approximate surface area is 230 Å². The Hall–Kier alpha value is -4.13. The van der Waals surface area contributed by atoms with E-state index >= 15 is 0 Å². The van der Waals surface area contributed by atoms with Crippen LogP contribution in [0, 0.1) is 11.3 Å². The Bertz CT molecular complexity index is 1470. The van der Waals surface area contributed by atoms with Crippen LogP contribution in [0.2, 0.25) is 0 Å². The Balaban J connectivity index is 1.45. The molecule has 3 aromatic rings. The van der Waals surface area contributed by atoms with Crippen molar-refractivity contribution in [1.29, 1.82) is 5.41 Å². The number of H-pyrrole nitrogens is 1. The molecule has 1 atom stereocenters. The number of unbranched alkanes of at least 4 members (excludes halogenated alkanes) is 1. The van der Waals surface area contributed by atoms with Gasteiger partial charge in [-0.15, -0.1) is 0 Å². The minimum absolute atomic E-state index is 0.0160. The monoisotopic (exact) mass is 522 g/mol. The second-order valence-corrected chi connectivity index (χ2v) is 10.6. The molecule has 202 valence electrons. The molecule has 2 aromatic heterocycles. The summed E-state index contributed by atoms with van der Waals surface area (Å²) in [6.07, 6.45) is 15.9. The van der Waals surface area contributed by atoms with E-state index in [1.54, 1.807) is 6.20 Å². The summed E-state index contributed by atoms with van der Waals surface area (Å²) in [5, 5.41) is 13.2. The van der Waals surface area contributed by atoms with Gasteiger partial charge in [-0.2, -0.15) is 0 Å². The number of nitrogens with zero attached hydrogens (tertiary/aromatic N) is 2. The molecule has 3 heterocycles. The molecule has 1 aromatic carbocycles. The predicted molar refractivity (Wildman–Crippen MR) is 161 cm³/mol. The van der Waals surface area contributed by atoms with Crippen LogP contribution in [-0.2, 0) is 4.79 Å². The molecule has 2 aliphatic rings. The first-order valence-electron chi connectivity index (χ1n) is 14.1. The predicted octanol–water partition coefficient (Wildman–Crippen LogP) is 6.33. The number of carbonyl (C=O) groups is 1. The fourth-order valence-corrected chi connectivity index (χ4v) is 5.34. The zero-order valence-electron chi connectivity index (χ0n) is 22.9. The van der Waals surface area contributed by atoms with Crippen LogP contribution in [0.4, 0.5) is 11.5 Å². The number of amides is 1. The molecule has 0 radical (unpaired) electrons. The number of aromatic amines is 1. The molecular formula is C32H38N6O. The van der Waals surface area contributed by atoms with Crippen molar-refractivity contribution < 1.29 is 4.79 Å². The largest absolute Gasteiger partial charge is 0.383 e. The Morgan fingerprint density at radius 1 is 1.23 bits per heavy atom. The molecule has 39 heavy (non-hydrogen) atoms. The number of hydrogen-bond acceptors (Lipinski definition) is 5. The number of fused-ring (bicyclic) bond motifs is 1. The first kappa shape index (κ1) is 26.5. The number of carbonyl (C=O) groups excluding carboxylic acids is 1. The highest BCUT2D eigenvalue weighted by Gasteiger charge is 2.19. The maximum atomic E-state index is 12.4. The van der Waals surface area contributed by atoms with E-state index in [4.69, 9.17) is 11.1 Å². The van der Waals surface area contributed by atoms with E-state index in [1.165, 1.54) is 24.9 Å². The van der Waals surface area contributed by atoms with Gasteiger partial charge < -0.3 is 20.9 Å². The summed E-state index contributed by atoms with van der Waals surface area (Å²) in [7, 11) is 0. The van der Waals surface area contributed by atoms with Gasteiger partial charge in [-0.1, -0.05) is 38.5 Å². The topological polar surface area (TPSA) is 111 Å². The molecular weight excluding hydrogens is 484 g/mol. The lowest BCUT2D eigenvalue weighted by molar-refractivity contribution is -0.120. The quantitative estimate of drug-likeness (QED) is 0.259. The highest BCUT2D eigenvalue weighted by atomic mass is 16.1. The van der Waals surface area contributed by atoms with Crippen LogP contribution in [0.1, 0.15) is 69.2 Å². The second kappa shape index (κ2) is 11.7. The summed E-state index contributed by atoms with van der Waals surface area (Å²) in [5.74, 6) is 0.502. The number of rotatable bonds is 8. The molecule has 1 saturated heterocycles. The summed E-state index contributed by atoms with van der Waals surface area (Å²) in [4.78, 5) is 22.7. The Kier molecular flexibility index (Phi) is 7.96. The van der Waals surface area contributed by atoms with Crippen LogP contribution >= 0.6 is 0 Å². The number of aromatic nitrogens is 2. The average Bonchev–Trinajstić information content (AvgIpc) is 3.31. The SMILES string of the molecule is CCCCC(=O)NC1=CC(c2cnc(N)c(C(=N)c3cc4c(N5CCCCC5)cccc4[nH]3)c2)=C[C@@H](C)C=C1. The minimum Gasteiger partial charge on any atom is -0.383 e. The van der Waals surface area contributed by atoms with Gasteiger partial charge in [-0.05, 0) is 73.6 Å². The zero-order valence-corrected chi connectivity index (χ0v) is 22.9. The second-order valence-electron chi connectivity index (χ2n) is 10.6. The first-order valence-corrected chi connectivity index (χ1v) is 14.1. The average molecular weight is 523 g/mol. The summed E-state index contributed by atoms with van der Waals surface area (Å²) in [6.45, 7) is 6.30. The number of nitrogen functional groups attached to an aromatic ring is 1. The van der Waals surface area contributed by atoms with E-state index in [0.29, 0.717) is 29.2 Å². The van der Waals surface area contributed by atoms with Crippen molar-refractivity contribution in [3.63, 3.8) is 0 Å². The van der Waals surface area contributed by atoms with Crippen LogP contribution in [0.15, 0.2) is 66.5 Å². The van der Waals surface area contributed by atoms with Crippen LogP contribution in [0.5, 0.6) is 0 Å². The highest BCUT2D eigenvalue weighted by Crippen LogP contribution is 2.31. The Morgan fingerprint density at radius 2 is 2.05 bits per heavy atom. The van der Waals surface area contributed by atoms with E-state index < -0.39 is 0 Å². The molecule has 0 spiro atoms. The number of nitrogens with two attached hydrogens (primary N) is 1. The summed E-state index contributed by atoms with van der Waals surface area (Å²) < 4.78 is 0. The molecule has 0 bridgehead atoms. The number of hydrogen-bond donors (Lipinski definition) is 4. The molecule has 0 unspecified atom stereocenters. The Morgan fingerprint density at radius 3 is 2.85 bits per heavy atom. The highest BCUT2D eigenvalue weighted by molar-refractivity contribution is 6.15. The molecule has 1 aliphatic carbocycles. The molecule has 7 nitrogen and oxygen atoms in total. The summed E-state index contributed by atoms with van der Waals surface area (Å²) in [5.41, 5.74) is 12.7. The molecule has 5 rings (SSSR count). The van der Waals surface area contributed by atoms with Gasteiger partial charge in [0.25, 0.3) is 0 Å². The lowest BCUT2D eigenvalue weighted by Crippen LogP contribution is -2.29. The van der Waals surface area contributed by atoms with Crippen molar-refractivity contribution in [2.24, 2.45) is 5.92 Å². The normalized spacial score (nSPS) is 17.5. The molecule has 7 heteroatoms. The van der Waals surface area contributed by atoms with Gasteiger partial charge in [0.05, 0.1) is 11.4 Å². The third-order valence-electron chi connectivity index (χ3n) is 7.50. The number of benzene rings is 1. The van der Waals surface area contributed by atoms with E-state index in [-0.39, 0.29) is 11.8 Å². The number of anilines is 2. The summed E-state index contributed by atoms with van der Waals surface area (Å²) >= 11 is 0. The van der Waals surface area contributed by atoms with Crippen molar-refractivity contribution in [3.8, 4) is 0 Å². The van der Waals surface area contributed by atoms with E-state index in [1.807, 2.05) is 18.2 Å². The smallest absolute Gasteiger partial charge is 0.224 e. The van der Waals surface area contributed by atoms with Crippen molar-refractivity contribution in [1.82, 2.24) is 15.3 Å². The minimum atomic E-state index is 0.0160. The van der Waals surface area contributed by atoms with Crippen molar-refractivity contribution in [2.75, 3.05) is 23.7 Å². The molecule has 1 amide bonds. The maximum Gasteiger partial charge on any atom is 0.224 e. The standard InChI is InChI=1S/C32H38N6O/c1-3-4-11-30(39)36-24-13-12-21(2)16-22(17-24)23-18-26(32(34)35-20-23)31(33)28-19-25-27(37-28)9-8-10-29(25)38-14-6-5-7-15-38/h8-10,12-13,16-21,33,37H,3-7,11,14-15H2,1-2H3,(H2,34,35)(H,36,39)/t21-/m0/s1. The molecule has 5 N–H and O–H groups in total. The van der Waals surface area contributed by atoms with E-state index in [9.17, 15) is 4.79 Å². The fourth-order valence-electron chi connectivity index (χ4n) is 5.34. The number of pyridine rings is 1. The zero-order chi connectivity index (χ0) is 27.4. The maximum absolute atomic E-state index is 12.4. The number of piperidine rings is 1. The number of nitrogens with one attached hydrogen (secondary N) is 3. The number of allylic oxidation sites excluding steroid dienone is 5. The lowest BCUT2D eigenvalue weighted by Gasteiger charge is -2.29. The third kappa shape index (κ3) is 5.98. The van der Waals surface area contributed by atoms with Gasteiger partial charge >= 0.3 is 0 Å². The molecule has 1 fully saturated rings. The van der Waals surface area contributed by atoms with Crippen molar-refractivity contribution in [2.45, 2.75) is 52.4 Å². The van der Waals surface area contributed by atoms with E-state index in [2.05, 4.69) is 70.4 Å². The summed E-state index contributed by atoms with van der Waals surface area (Å²) in [6, 6.07) is 10.3.